The van der Waals surface area contributed by atoms with E-state index in [1.807, 2.05) is 0 Å². The molecule has 188 valence electrons. The van der Waals surface area contributed by atoms with Crippen molar-refractivity contribution in [3.05, 3.63) is 54.1 Å². The number of carbonyl (C=O) groups is 3. The SMILES string of the molecule is CS(=O)(=O)Oc1cccc(-c2ccc(C[C@H](NC(=O)C3CN(C(=O)O)CCCO3)C(N)=O)cc2)c1. The van der Waals surface area contributed by atoms with E-state index in [0.29, 0.717) is 6.42 Å². The molecule has 2 atom stereocenters. The van der Waals surface area contributed by atoms with Gasteiger partial charge in [-0.25, -0.2) is 4.79 Å². The normalized spacial score (nSPS) is 17.2. The number of hydrogen-bond donors (Lipinski definition) is 3. The van der Waals surface area contributed by atoms with Gasteiger partial charge in [-0.2, -0.15) is 8.42 Å². The van der Waals surface area contributed by atoms with Crippen LogP contribution >= 0.6 is 0 Å². The summed E-state index contributed by atoms with van der Waals surface area (Å²) in [5.74, 6) is -1.16. The summed E-state index contributed by atoms with van der Waals surface area (Å²) in [7, 11) is -3.65. The summed E-state index contributed by atoms with van der Waals surface area (Å²) >= 11 is 0. The molecule has 0 aromatic heterocycles. The van der Waals surface area contributed by atoms with E-state index in [4.69, 9.17) is 14.7 Å². The fourth-order valence-electron chi connectivity index (χ4n) is 3.62. The number of ether oxygens (including phenoxy) is 1. The van der Waals surface area contributed by atoms with Crippen molar-refractivity contribution < 1.29 is 36.8 Å². The zero-order chi connectivity index (χ0) is 25.6. The molecule has 1 heterocycles. The highest BCUT2D eigenvalue weighted by atomic mass is 32.2. The molecule has 11 nitrogen and oxygen atoms in total. The third-order valence-corrected chi connectivity index (χ3v) is 5.80. The van der Waals surface area contributed by atoms with Gasteiger partial charge in [-0.1, -0.05) is 36.4 Å². The first kappa shape index (κ1) is 26.0. The molecule has 0 saturated carbocycles. The third-order valence-electron chi connectivity index (χ3n) is 5.31. The summed E-state index contributed by atoms with van der Waals surface area (Å²) in [6.45, 7) is 0.346. The topological polar surface area (TPSA) is 165 Å². The Morgan fingerprint density at radius 1 is 1.20 bits per heavy atom. The molecule has 1 saturated heterocycles. The van der Waals surface area contributed by atoms with Crippen LogP contribution in [-0.4, -0.2) is 74.4 Å². The molecule has 0 radical (unpaired) electrons. The first-order valence-electron chi connectivity index (χ1n) is 10.8. The van der Waals surface area contributed by atoms with Crippen molar-refractivity contribution in [2.45, 2.75) is 25.0 Å². The maximum atomic E-state index is 12.7. The molecular weight excluding hydrogens is 478 g/mol. The lowest BCUT2D eigenvalue weighted by atomic mass is 10.00. The molecule has 1 unspecified atom stereocenters. The van der Waals surface area contributed by atoms with Crippen molar-refractivity contribution >= 4 is 28.0 Å². The van der Waals surface area contributed by atoms with Crippen LogP contribution in [0.25, 0.3) is 11.1 Å². The van der Waals surface area contributed by atoms with Crippen molar-refractivity contribution in [2.75, 3.05) is 26.0 Å². The van der Waals surface area contributed by atoms with Gasteiger partial charge in [0.15, 0.2) is 6.10 Å². The number of primary amides is 1. The van der Waals surface area contributed by atoms with Crippen molar-refractivity contribution in [1.29, 1.82) is 0 Å². The zero-order valence-corrected chi connectivity index (χ0v) is 19.9. The standard InChI is InChI=1S/C23H27N3O8S/c1-35(31,32)34-18-5-2-4-17(13-18)16-8-6-15(7-9-16)12-19(21(24)27)25-22(28)20-14-26(23(29)30)10-3-11-33-20/h2,4-9,13,19-20H,3,10-12,14H2,1H3,(H2,24,27)(H,25,28)(H,29,30)/t19-,20?/m0/s1. The van der Waals surface area contributed by atoms with E-state index in [1.54, 1.807) is 42.5 Å². The number of nitrogens with two attached hydrogens (primary N) is 1. The van der Waals surface area contributed by atoms with E-state index < -0.39 is 40.2 Å². The highest BCUT2D eigenvalue weighted by Gasteiger charge is 2.30. The van der Waals surface area contributed by atoms with Crippen molar-refractivity contribution in [1.82, 2.24) is 10.2 Å². The predicted molar refractivity (Wildman–Crippen MR) is 126 cm³/mol. The van der Waals surface area contributed by atoms with Gasteiger partial charge >= 0.3 is 16.2 Å². The lowest BCUT2D eigenvalue weighted by Gasteiger charge is -2.23. The van der Waals surface area contributed by atoms with E-state index in [-0.39, 0.29) is 31.9 Å². The number of amides is 3. The Balaban J connectivity index is 1.68. The second kappa shape index (κ2) is 11.2. The van der Waals surface area contributed by atoms with Gasteiger partial charge in [-0.05, 0) is 35.2 Å². The molecule has 12 heteroatoms. The van der Waals surface area contributed by atoms with Gasteiger partial charge in [0.25, 0.3) is 5.91 Å². The van der Waals surface area contributed by atoms with E-state index in [1.165, 1.54) is 6.07 Å². The minimum absolute atomic E-state index is 0.119. The van der Waals surface area contributed by atoms with Crippen molar-refractivity contribution in [3.8, 4) is 16.9 Å². The van der Waals surface area contributed by atoms with Crippen LogP contribution in [0, 0.1) is 0 Å². The molecule has 0 spiro atoms. The fraction of sp³-hybridized carbons (Fsp3) is 0.348. The molecule has 4 N–H and O–H groups in total. The number of rotatable bonds is 8. The smallest absolute Gasteiger partial charge is 0.407 e. The Morgan fingerprint density at radius 3 is 2.54 bits per heavy atom. The van der Waals surface area contributed by atoms with E-state index in [9.17, 15) is 27.9 Å². The summed E-state index contributed by atoms with van der Waals surface area (Å²) < 4.78 is 33.1. The van der Waals surface area contributed by atoms with Gasteiger partial charge < -0.3 is 30.0 Å². The van der Waals surface area contributed by atoms with E-state index in [2.05, 4.69) is 5.32 Å². The van der Waals surface area contributed by atoms with Crippen LogP contribution in [0.4, 0.5) is 4.79 Å². The molecule has 0 aliphatic carbocycles. The molecule has 1 fully saturated rings. The van der Waals surface area contributed by atoms with Crippen molar-refractivity contribution in [2.24, 2.45) is 5.73 Å². The average molecular weight is 506 g/mol. The molecule has 3 amide bonds. The minimum atomic E-state index is -3.65. The first-order chi connectivity index (χ1) is 16.5. The molecule has 2 aromatic carbocycles. The van der Waals surface area contributed by atoms with Crippen LogP contribution in [0.2, 0.25) is 0 Å². The minimum Gasteiger partial charge on any atom is -0.465 e. The summed E-state index contributed by atoms with van der Waals surface area (Å²) in [5, 5.41) is 11.8. The molecule has 1 aliphatic heterocycles. The van der Waals surface area contributed by atoms with Crippen LogP contribution in [0.3, 0.4) is 0 Å². The number of benzene rings is 2. The number of carboxylic acid groups (broad SMARTS) is 1. The van der Waals surface area contributed by atoms with Crippen LogP contribution in [-0.2, 0) is 30.9 Å². The summed E-state index contributed by atoms with van der Waals surface area (Å²) in [6, 6.07) is 12.7. The highest BCUT2D eigenvalue weighted by Crippen LogP contribution is 2.25. The van der Waals surface area contributed by atoms with Gasteiger partial charge in [0.05, 0.1) is 12.8 Å². The van der Waals surface area contributed by atoms with Gasteiger partial charge in [-0.15, -0.1) is 0 Å². The van der Waals surface area contributed by atoms with Crippen LogP contribution < -0.4 is 15.2 Å². The number of carbonyl (C=O) groups excluding carboxylic acids is 2. The quantitative estimate of drug-likeness (QED) is 0.447. The average Bonchev–Trinajstić information content (AvgIpc) is 3.05. The molecule has 35 heavy (non-hydrogen) atoms. The Morgan fingerprint density at radius 2 is 1.91 bits per heavy atom. The van der Waals surface area contributed by atoms with Gasteiger partial charge in [0.2, 0.25) is 5.91 Å². The van der Waals surface area contributed by atoms with Crippen molar-refractivity contribution in [3.63, 3.8) is 0 Å². The highest BCUT2D eigenvalue weighted by molar-refractivity contribution is 7.86. The molecule has 3 rings (SSSR count). The van der Waals surface area contributed by atoms with Gasteiger partial charge in [-0.3, -0.25) is 9.59 Å². The zero-order valence-electron chi connectivity index (χ0n) is 19.0. The second-order valence-corrected chi connectivity index (χ2v) is 9.70. The predicted octanol–water partition coefficient (Wildman–Crippen LogP) is 0.974. The Labute approximate surface area is 202 Å². The second-order valence-electron chi connectivity index (χ2n) is 8.12. The Hall–Kier alpha value is -3.64. The first-order valence-corrected chi connectivity index (χ1v) is 12.6. The lowest BCUT2D eigenvalue weighted by molar-refractivity contribution is -0.135. The third kappa shape index (κ3) is 7.69. The molecule has 1 aliphatic rings. The summed E-state index contributed by atoms with van der Waals surface area (Å²) in [6.07, 6.45) is -0.640. The van der Waals surface area contributed by atoms with Gasteiger partial charge in [0.1, 0.15) is 11.8 Å². The maximum Gasteiger partial charge on any atom is 0.407 e. The fourth-order valence-corrected chi connectivity index (χ4v) is 4.07. The van der Waals surface area contributed by atoms with Gasteiger partial charge in [0, 0.05) is 19.6 Å². The Kier molecular flexibility index (Phi) is 8.30. The number of nitrogens with one attached hydrogen (secondary N) is 1. The number of hydrogen-bond acceptors (Lipinski definition) is 7. The van der Waals surface area contributed by atoms with Crippen LogP contribution in [0.15, 0.2) is 48.5 Å². The largest absolute Gasteiger partial charge is 0.465 e. The lowest BCUT2D eigenvalue weighted by Crippen LogP contribution is -2.52. The Bertz CT molecular complexity index is 1180. The molecule has 2 aromatic rings. The summed E-state index contributed by atoms with van der Waals surface area (Å²) in [4.78, 5) is 37.1. The number of nitrogens with zero attached hydrogens (tertiary/aromatic N) is 1. The summed E-state index contributed by atoms with van der Waals surface area (Å²) in [5.41, 5.74) is 7.73. The van der Waals surface area contributed by atoms with E-state index >= 15 is 0 Å². The van der Waals surface area contributed by atoms with E-state index in [0.717, 1.165) is 27.8 Å². The van der Waals surface area contributed by atoms with Crippen LogP contribution in [0.1, 0.15) is 12.0 Å². The van der Waals surface area contributed by atoms with Crippen LogP contribution in [0.5, 0.6) is 5.75 Å². The maximum absolute atomic E-state index is 12.7. The monoisotopic (exact) mass is 505 g/mol. The molecular formula is C23H27N3O8S. The molecule has 0 bridgehead atoms.